The van der Waals surface area contributed by atoms with E-state index in [1.807, 2.05) is 24.3 Å². The van der Waals surface area contributed by atoms with Gasteiger partial charge in [-0.15, -0.1) is 0 Å². The van der Waals surface area contributed by atoms with Crippen LogP contribution < -0.4 is 17.0 Å². The molecule has 2 aromatic rings. The number of rotatable bonds is 4. The average Bonchev–Trinajstić information content (AvgIpc) is 2.47. The minimum atomic E-state index is -0.445. The molecule has 0 saturated carbocycles. The summed E-state index contributed by atoms with van der Waals surface area (Å²) in [6.45, 7) is 0. The fraction of sp³-hybridized carbons (Fsp3) is 0.0667. The fourth-order valence-corrected chi connectivity index (χ4v) is 1.99. The molecular weight excluding hydrogens is 254 g/mol. The van der Waals surface area contributed by atoms with Crippen molar-refractivity contribution in [2.75, 3.05) is 0 Å². The Kier molecular flexibility index (Phi) is 4.12. The van der Waals surface area contributed by atoms with E-state index in [0.29, 0.717) is 17.5 Å². The lowest BCUT2D eigenvalue weighted by molar-refractivity contribution is 0.0952. The zero-order valence-corrected chi connectivity index (χ0v) is 10.8. The maximum atomic E-state index is 11.3. The molecule has 2 amide bonds. The summed E-state index contributed by atoms with van der Waals surface area (Å²) < 4.78 is 0. The van der Waals surface area contributed by atoms with Crippen LogP contribution >= 0.6 is 0 Å². The first kappa shape index (κ1) is 13.8. The van der Waals surface area contributed by atoms with Crippen LogP contribution in [0.3, 0.4) is 0 Å². The number of benzene rings is 2. The van der Waals surface area contributed by atoms with Crippen LogP contribution in [-0.4, -0.2) is 11.8 Å². The lowest BCUT2D eigenvalue weighted by Gasteiger charge is -2.07. The zero-order valence-electron chi connectivity index (χ0n) is 10.8. The van der Waals surface area contributed by atoms with Crippen molar-refractivity contribution in [1.29, 1.82) is 0 Å². The molecule has 2 aromatic carbocycles. The third-order valence-electron chi connectivity index (χ3n) is 3.02. The number of carbonyl (C=O) groups excluding carboxylic acids is 2. The van der Waals surface area contributed by atoms with E-state index in [4.69, 9.17) is 11.6 Å². The summed E-state index contributed by atoms with van der Waals surface area (Å²) in [5.74, 6) is 4.28. The summed E-state index contributed by atoms with van der Waals surface area (Å²) in [5, 5.41) is 0. The van der Waals surface area contributed by atoms with Crippen LogP contribution in [-0.2, 0) is 6.42 Å². The fourth-order valence-electron chi connectivity index (χ4n) is 1.99. The summed E-state index contributed by atoms with van der Waals surface area (Å²) >= 11 is 0. The standard InChI is InChI=1S/C15H15N3O2/c16-14(19)13-4-2-1-3-12(13)9-10-5-7-11(8-6-10)15(20)18-17/h1-8H,9,17H2,(H2,16,19)(H,18,20). The number of carbonyl (C=O) groups is 2. The third kappa shape index (κ3) is 3.02. The van der Waals surface area contributed by atoms with E-state index in [1.165, 1.54) is 0 Å². The van der Waals surface area contributed by atoms with Crippen LogP contribution in [0.1, 0.15) is 31.8 Å². The van der Waals surface area contributed by atoms with Gasteiger partial charge in [0.05, 0.1) is 0 Å². The lowest BCUT2D eigenvalue weighted by atomic mass is 9.98. The van der Waals surface area contributed by atoms with Gasteiger partial charge in [-0.3, -0.25) is 15.0 Å². The van der Waals surface area contributed by atoms with Crippen LogP contribution in [0.15, 0.2) is 48.5 Å². The molecule has 2 rings (SSSR count). The Morgan fingerprint density at radius 1 is 1.00 bits per heavy atom. The maximum absolute atomic E-state index is 11.3. The Labute approximate surface area is 116 Å². The Hall–Kier alpha value is -2.66. The second-order valence-corrected chi connectivity index (χ2v) is 4.37. The van der Waals surface area contributed by atoms with Gasteiger partial charge < -0.3 is 5.73 Å². The van der Waals surface area contributed by atoms with Crippen LogP contribution in [0, 0.1) is 0 Å². The summed E-state index contributed by atoms with van der Waals surface area (Å²) in [4.78, 5) is 22.7. The number of hydrogen-bond acceptors (Lipinski definition) is 3. The van der Waals surface area contributed by atoms with E-state index in [1.54, 1.807) is 24.3 Å². The van der Waals surface area contributed by atoms with E-state index in [-0.39, 0.29) is 5.91 Å². The minimum Gasteiger partial charge on any atom is -0.366 e. The normalized spacial score (nSPS) is 10.1. The van der Waals surface area contributed by atoms with Gasteiger partial charge in [0.25, 0.3) is 5.91 Å². The Bertz CT molecular complexity index is 636. The molecule has 5 heteroatoms. The van der Waals surface area contributed by atoms with Gasteiger partial charge in [0.2, 0.25) is 5.91 Å². The van der Waals surface area contributed by atoms with Crippen LogP contribution in [0.4, 0.5) is 0 Å². The van der Waals surface area contributed by atoms with Crippen molar-refractivity contribution in [1.82, 2.24) is 5.43 Å². The van der Waals surface area contributed by atoms with E-state index < -0.39 is 5.91 Å². The van der Waals surface area contributed by atoms with E-state index in [0.717, 1.165) is 11.1 Å². The highest BCUT2D eigenvalue weighted by atomic mass is 16.2. The van der Waals surface area contributed by atoms with Crippen molar-refractivity contribution in [3.63, 3.8) is 0 Å². The molecule has 102 valence electrons. The van der Waals surface area contributed by atoms with Crippen LogP contribution in [0.25, 0.3) is 0 Å². The van der Waals surface area contributed by atoms with Gasteiger partial charge in [-0.25, -0.2) is 5.84 Å². The van der Waals surface area contributed by atoms with Gasteiger partial charge in [-0.1, -0.05) is 30.3 Å². The first-order chi connectivity index (χ1) is 9.61. The molecule has 0 fully saturated rings. The highest BCUT2D eigenvalue weighted by molar-refractivity contribution is 5.94. The van der Waals surface area contributed by atoms with Crippen molar-refractivity contribution in [3.05, 3.63) is 70.8 Å². The quantitative estimate of drug-likeness (QED) is 0.438. The Morgan fingerprint density at radius 2 is 1.65 bits per heavy atom. The van der Waals surface area contributed by atoms with Crippen molar-refractivity contribution in [2.45, 2.75) is 6.42 Å². The first-order valence-electron chi connectivity index (χ1n) is 6.09. The highest BCUT2D eigenvalue weighted by Crippen LogP contribution is 2.15. The maximum Gasteiger partial charge on any atom is 0.265 e. The first-order valence-corrected chi connectivity index (χ1v) is 6.09. The molecule has 0 aliphatic carbocycles. The molecule has 0 spiro atoms. The number of nitrogens with two attached hydrogens (primary N) is 2. The number of amides is 2. The molecule has 0 heterocycles. The van der Waals surface area contributed by atoms with Gasteiger partial charge in [0, 0.05) is 11.1 Å². The van der Waals surface area contributed by atoms with E-state index >= 15 is 0 Å². The van der Waals surface area contributed by atoms with Crippen molar-refractivity contribution in [3.8, 4) is 0 Å². The predicted molar refractivity (Wildman–Crippen MR) is 75.9 cm³/mol. The minimum absolute atomic E-state index is 0.339. The molecule has 0 radical (unpaired) electrons. The van der Waals surface area contributed by atoms with Gasteiger partial charge in [-0.05, 0) is 35.7 Å². The molecule has 5 nitrogen and oxygen atoms in total. The van der Waals surface area contributed by atoms with Crippen molar-refractivity contribution >= 4 is 11.8 Å². The van der Waals surface area contributed by atoms with Crippen molar-refractivity contribution < 1.29 is 9.59 Å². The summed E-state index contributed by atoms with van der Waals surface area (Å²) in [6, 6.07) is 14.2. The largest absolute Gasteiger partial charge is 0.366 e. The number of hydrogen-bond donors (Lipinski definition) is 3. The summed E-state index contributed by atoms with van der Waals surface area (Å²) in [6.07, 6.45) is 0.573. The lowest BCUT2D eigenvalue weighted by Crippen LogP contribution is -2.29. The van der Waals surface area contributed by atoms with Gasteiger partial charge >= 0.3 is 0 Å². The molecule has 0 aliphatic rings. The third-order valence-corrected chi connectivity index (χ3v) is 3.02. The molecule has 5 N–H and O–H groups in total. The number of primary amides is 1. The molecule has 0 bridgehead atoms. The van der Waals surface area contributed by atoms with Crippen LogP contribution in [0.5, 0.6) is 0 Å². The number of nitrogens with one attached hydrogen (secondary N) is 1. The highest BCUT2D eigenvalue weighted by Gasteiger charge is 2.08. The zero-order chi connectivity index (χ0) is 14.5. The molecular formula is C15H15N3O2. The Balaban J connectivity index is 2.23. The Morgan fingerprint density at radius 3 is 2.25 bits per heavy atom. The number of nitrogen functional groups attached to an aromatic ring is 1. The van der Waals surface area contributed by atoms with Gasteiger partial charge in [-0.2, -0.15) is 0 Å². The molecule has 0 aromatic heterocycles. The van der Waals surface area contributed by atoms with Gasteiger partial charge in [0.15, 0.2) is 0 Å². The van der Waals surface area contributed by atoms with E-state index in [2.05, 4.69) is 5.43 Å². The second-order valence-electron chi connectivity index (χ2n) is 4.37. The predicted octanol–water partition coefficient (Wildman–Crippen LogP) is 0.980. The summed E-state index contributed by atoms with van der Waals surface area (Å²) in [7, 11) is 0. The average molecular weight is 269 g/mol. The summed E-state index contributed by atoms with van der Waals surface area (Å²) in [5.41, 5.74) is 10.3. The monoisotopic (exact) mass is 269 g/mol. The van der Waals surface area contributed by atoms with Crippen LogP contribution in [0.2, 0.25) is 0 Å². The molecule has 0 aliphatic heterocycles. The topological polar surface area (TPSA) is 98.2 Å². The van der Waals surface area contributed by atoms with Gasteiger partial charge in [0.1, 0.15) is 0 Å². The number of hydrazine groups is 1. The molecule has 0 saturated heterocycles. The SMILES string of the molecule is NNC(=O)c1ccc(Cc2ccccc2C(N)=O)cc1. The molecule has 0 atom stereocenters. The van der Waals surface area contributed by atoms with E-state index in [9.17, 15) is 9.59 Å². The second kappa shape index (κ2) is 5.99. The van der Waals surface area contributed by atoms with Crippen molar-refractivity contribution in [2.24, 2.45) is 11.6 Å². The molecule has 20 heavy (non-hydrogen) atoms. The smallest absolute Gasteiger partial charge is 0.265 e. The molecule has 0 unspecified atom stereocenters.